The molecular weight excluding hydrogens is 368 g/mol. The quantitative estimate of drug-likeness (QED) is 0.502. The molecule has 140 valence electrons. The maximum absolute atomic E-state index is 11.8. The van der Waals surface area contributed by atoms with E-state index in [1.165, 1.54) is 0 Å². The Morgan fingerprint density at radius 2 is 1.67 bits per heavy atom. The Morgan fingerprint density at radius 3 is 2.37 bits per heavy atom. The lowest BCUT2D eigenvalue weighted by atomic mass is 10.1. The van der Waals surface area contributed by atoms with Crippen molar-refractivity contribution in [1.82, 2.24) is 4.98 Å². The first kappa shape index (κ1) is 18.6. The van der Waals surface area contributed by atoms with Gasteiger partial charge >= 0.3 is 0 Å². The lowest BCUT2D eigenvalue weighted by Crippen LogP contribution is -2.37. The molecule has 3 rings (SSSR count). The van der Waals surface area contributed by atoms with E-state index in [2.05, 4.69) is 20.3 Å². The lowest BCUT2D eigenvalue weighted by Gasteiger charge is -2.15. The maximum Gasteiger partial charge on any atom is 0.253 e. The minimum atomic E-state index is -3.34. The van der Waals surface area contributed by atoms with Crippen molar-refractivity contribution < 1.29 is 8.42 Å². The summed E-state index contributed by atoms with van der Waals surface area (Å²) >= 11 is 0. The lowest BCUT2D eigenvalue weighted by molar-refractivity contribution is 0.607. The number of benzene rings is 1. The zero-order valence-electron chi connectivity index (χ0n) is 14.5. The Balaban J connectivity index is 1.63. The van der Waals surface area contributed by atoms with E-state index in [9.17, 15) is 18.0 Å². The molecule has 0 spiro atoms. The van der Waals surface area contributed by atoms with Crippen LogP contribution in [0.5, 0.6) is 0 Å². The van der Waals surface area contributed by atoms with Gasteiger partial charge in [0.15, 0.2) is 0 Å². The molecule has 0 atom stereocenters. The fourth-order valence-electron chi connectivity index (χ4n) is 2.60. The number of sulfonamides is 1. The van der Waals surface area contributed by atoms with Crippen LogP contribution in [-0.4, -0.2) is 26.2 Å². The molecule has 0 aliphatic rings. The highest BCUT2D eigenvalue weighted by Crippen LogP contribution is 2.20. The van der Waals surface area contributed by atoms with E-state index >= 15 is 0 Å². The molecule has 27 heavy (non-hydrogen) atoms. The summed E-state index contributed by atoms with van der Waals surface area (Å²) in [6.07, 6.45) is 4.80. The van der Waals surface area contributed by atoms with Crippen molar-refractivity contribution in [2.45, 2.75) is 6.42 Å². The fraction of sp³-hybridized carbons (Fsp3) is 0.167. The predicted molar refractivity (Wildman–Crippen MR) is 106 cm³/mol. The van der Waals surface area contributed by atoms with Gasteiger partial charge in [0, 0.05) is 30.3 Å². The van der Waals surface area contributed by atoms with Crippen molar-refractivity contribution in [3.8, 4) is 0 Å². The second-order valence-electron chi connectivity index (χ2n) is 6.02. The standard InChI is InChI=1S/C18H18N4O4S/c1-27(25,26)22-14-4-2-3-12(11-14)5-10-20-15-16(18(24)17(15)23)21-13-6-8-19-9-7-13/h2-4,6-9,11,20,22H,5,10H2,1H3,(H,19,21). The summed E-state index contributed by atoms with van der Waals surface area (Å²) < 4.78 is 25.0. The van der Waals surface area contributed by atoms with Crippen LogP contribution >= 0.6 is 0 Å². The SMILES string of the molecule is CS(=O)(=O)Nc1cccc(CCNc2c(Nc3ccncc3)c(=O)c2=O)c1. The highest BCUT2D eigenvalue weighted by Gasteiger charge is 2.20. The second kappa shape index (κ2) is 7.58. The van der Waals surface area contributed by atoms with Gasteiger partial charge in [-0.15, -0.1) is 0 Å². The smallest absolute Gasteiger partial charge is 0.253 e. The van der Waals surface area contributed by atoms with E-state index in [1.54, 1.807) is 42.7 Å². The van der Waals surface area contributed by atoms with Crippen molar-refractivity contribution in [3.63, 3.8) is 0 Å². The highest BCUT2D eigenvalue weighted by atomic mass is 32.2. The highest BCUT2D eigenvalue weighted by molar-refractivity contribution is 7.92. The third-order valence-electron chi connectivity index (χ3n) is 3.81. The molecule has 1 heterocycles. The van der Waals surface area contributed by atoms with Gasteiger partial charge in [-0.1, -0.05) is 12.1 Å². The van der Waals surface area contributed by atoms with Gasteiger partial charge in [-0.2, -0.15) is 0 Å². The number of nitrogens with zero attached hydrogens (tertiary/aromatic N) is 1. The van der Waals surface area contributed by atoms with Crippen molar-refractivity contribution >= 4 is 32.8 Å². The van der Waals surface area contributed by atoms with E-state index in [4.69, 9.17) is 0 Å². The Hall–Kier alpha value is -3.20. The van der Waals surface area contributed by atoms with Crippen molar-refractivity contribution in [3.05, 3.63) is 74.8 Å². The zero-order valence-corrected chi connectivity index (χ0v) is 15.3. The molecule has 0 unspecified atom stereocenters. The van der Waals surface area contributed by atoms with Crippen molar-refractivity contribution in [1.29, 1.82) is 0 Å². The molecule has 8 nitrogen and oxygen atoms in total. The first-order chi connectivity index (χ1) is 12.8. The third kappa shape index (κ3) is 4.70. The van der Waals surface area contributed by atoms with Crippen LogP contribution in [0.1, 0.15) is 5.56 Å². The van der Waals surface area contributed by atoms with Crippen LogP contribution in [0.3, 0.4) is 0 Å². The molecule has 0 saturated heterocycles. The van der Waals surface area contributed by atoms with Gasteiger partial charge in [-0.3, -0.25) is 19.3 Å². The average molecular weight is 386 g/mol. The zero-order chi connectivity index (χ0) is 19.4. The van der Waals surface area contributed by atoms with Crippen LogP contribution in [0.15, 0.2) is 58.4 Å². The monoisotopic (exact) mass is 386 g/mol. The normalized spacial score (nSPS) is 11.3. The molecule has 9 heteroatoms. The van der Waals surface area contributed by atoms with Crippen LogP contribution in [0.4, 0.5) is 22.7 Å². The maximum atomic E-state index is 11.8. The summed E-state index contributed by atoms with van der Waals surface area (Å²) in [6, 6.07) is 10.4. The van der Waals surface area contributed by atoms with Gasteiger partial charge in [-0.05, 0) is 36.2 Å². The van der Waals surface area contributed by atoms with E-state index in [-0.39, 0.29) is 11.4 Å². The number of pyridine rings is 1. The summed E-state index contributed by atoms with van der Waals surface area (Å²) in [6.45, 7) is 0.415. The minimum absolute atomic E-state index is 0.235. The van der Waals surface area contributed by atoms with Crippen molar-refractivity contribution in [2.24, 2.45) is 0 Å². The number of nitrogens with one attached hydrogen (secondary N) is 3. The summed E-state index contributed by atoms with van der Waals surface area (Å²) in [5.41, 5.74) is 1.40. The van der Waals surface area contributed by atoms with Crippen LogP contribution in [-0.2, 0) is 16.4 Å². The second-order valence-corrected chi connectivity index (χ2v) is 7.77. The van der Waals surface area contributed by atoms with Gasteiger partial charge in [0.05, 0.1) is 6.26 Å². The molecule has 3 aromatic rings. The molecule has 3 N–H and O–H groups in total. The molecule has 1 aromatic heterocycles. The minimum Gasteiger partial charge on any atom is -0.380 e. The summed E-state index contributed by atoms with van der Waals surface area (Å²) in [5, 5.41) is 5.90. The van der Waals surface area contributed by atoms with Crippen LogP contribution < -0.4 is 26.2 Å². The van der Waals surface area contributed by atoms with Gasteiger partial charge in [0.2, 0.25) is 10.0 Å². The number of rotatable bonds is 8. The van der Waals surface area contributed by atoms with Gasteiger partial charge < -0.3 is 10.6 Å². The van der Waals surface area contributed by atoms with E-state index in [0.29, 0.717) is 24.3 Å². The summed E-state index contributed by atoms with van der Waals surface area (Å²) in [4.78, 5) is 27.5. The molecule has 2 aromatic carbocycles. The topological polar surface area (TPSA) is 117 Å². The van der Waals surface area contributed by atoms with Gasteiger partial charge in [0.1, 0.15) is 11.4 Å². The van der Waals surface area contributed by atoms with E-state index in [1.807, 2.05) is 6.07 Å². The Labute approximate surface area is 156 Å². The molecule has 0 bridgehead atoms. The Bertz CT molecular complexity index is 1120. The van der Waals surface area contributed by atoms with Crippen molar-refractivity contribution in [2.75, 3.05) is 28.2 Å². The molecule has 0 radical (unpaired) electrons. The number of hydrogen-bond acceptors (Lipinski definition) is 7. The molecule has 0 fully saturated rings. The molecular formula is C18H18N4O4S. The van der Waals surface area contributed by atoms with Gasteiger partial charge in [0.25, 0.3) is 10.9 Å². The summed E-state index contributed by atoms with van der Waals surface area (Å²) in [5.74, 6) is 0. The fourth-order valence-corrected chi connectivity index (χ4v) is 3.15. The largest absolute Gasteiger partial charge is 0.380 e. The third-order valence-corrected chi connectivity index (χ3v) is 4.41. The Morgan fingerprint density at radius 1 is 0.963 bits per heavy atom. The first-order valence-corrected chi connectivity index (χ1v) is 10.0. The van der Waals surface area contributed by atoms with Crippen LogP contribution in [0, 0.1) is 0 Å². The number of hydrogen-bond donors (Lipinski definition) is 3. The molecule has 0 saturated carbocycles. The average Bonchev–Trinajstić information content (AvgIpc) is 2.63. The Kier molecular flexibility index (Phi) is 5.22. The molecule has 0 aliphatic heterocycles. The van der Waals surface area contributed by atoms with E-state index < -0.39 is 20.9 Å². The summed E-state index contributed by atoms with van der Waals surface area (Å²) in [7, 11) is -3.34. The molecule has 0 aliphatic carbocycles. The van der Waals surface area contributed by atoms with Crippen LogP contribution in [0.25, 0.3) is 0 Å². The molecule has 0 amide bonds. The number of anilines is 4. The number of aromatic nitrogens is 1. The van der Waals surface area contributed by atoms with Gasteiger partial charge in [-0.25, -0.2) is 8.42 Å². The van der Waals surface area contributed by atoms with Crippen LogP contribution in [0.2, 0.25) is 0 Å². The van der Waals surface area contributed by atoms with E-state index in [0.717, 1.165) is 11.8 Å². The first-order valence-electron chi connectivity index (χ1n) is 8.14. The predicted octanol–water partition coefficient (Wildman–Crippen LogP) is 1.45.